The Morgan fingerprint density at radius 2 is 2.04 bits per heavy atom. The standard InChI is InChI=1S/C16H17Cl2N5O/c1-22(2)14-5-7-19-16(21-14)20-13-6-8-23(15(13)24)10-3-4-11(17)12(18)9-10/h3-5,7,9,13H,6,8H2,1-2H3,(H,19,20,21). The fourth-order valence-corrected chi connectivity index (χ4v) is 2.84. The average Bonchev–Trinajstić information content (AvgIpc) is 2.91. The van der Waals surface area contributed by atoms with E-state index < -0.39 is 0 Å². The number of anilines is 3. The van der Waals surface area contributed by atoms with E-state index in [0.717, 1.165) is 11.5 Å². The second-order valence-electron chi connectivity index (χ2n) is 5.71. The van der Waals surface area contributed by atoms with E-state index in [9.17, 15) is 4.79 Å². The van der Waals surface area contributed by atoms with Gasteiger partial charge in [0.15, 0.2) is 0 Å². The third-order valence-corrected chi connectivity index (χ3v) is 4.56. The van der Waals surface area contributed by atoms with Gasteiger partial charge >= 0.3 is 0 Å². The Labute approximate surface area is 150 Å². The van der Waals surface area contributed by atoms with E-state index in [2.05, 4.69) is 15.3 Å². The molecule has 1 aliphatic heterocycles. The van der Waals surface area contributed by atoms with Crippen molar-refractivity contribution in [1.29, 1.82) is 0 Å². The molecule has 1 unspecified atom stereocenters. The summed E-state index contributed by atoms with van der Waals surface area (Å²) in [6, 6.07) is 6.63. The minimum Gasteiger partial charge on any atom is -0.363 e. The quantitative estimate of drug-likeness (QED) is 0.901. The van der Waals surface area contributed by atoms with Gasteiger partial charge in [0.25, 0.3) is 0 Å². The summed E-state index contributed by atoms with van der Waals surface area (Å²) in [4.78, 5) is 24.8. The first-order chi connectivity index (χ1) is 11.5. The molecule has 0 saturated carbocycles. The van der Waals surface area contributed by atoms with Gasteiger partial charge in [0.05, 0.1) is 10.0 Å². The molecule has 1 saturated heterocycles. The van der Waals surface area contributed by atoms with E-state index in [1.807, 2.05) is 25.1 Å². The zero-order valence-corrected chi connectivity index (χ0v) is 14.8. The molecule has 6 nitrogen and oxygen atoms in total. The molecule has 1 atom stereocenters. The first-order valence-corrected chi connectivity index (χ1v) is 8.24. The molecule has 1 fully saturated rings. The zero-order valence-electron chi connectivity index (χ0n) is 13.3. The summed E-state index contributed by atoms with van der Waals surface area (Å²) in [5, 5.41) is 4.01. The number of nitrogens with one attached hydrogen (secondary N) is 1. The monoisotopic (exact) mass is 365 g/mol. The van der Waals surface area contributed by atoms with Crippen LogP contribution in [0.4, 0.5) is 17.5 Å². The summed E-state index contributed by atoms with van der Waals surface area (Å²) in [5.74, 6) is 1.18. The Morgan fingerprint density at radius 3 is 2.75 bits per heavy atom. The second kappa shape index (κ2) is 6.83. The van der Waals surface area contributed by atoms with Gasteiger partial charge in [0.2, 0.25) is 11.9 Å². The van der Waals surface area contributed by atoms with Crippen molar-refractivity contribution in [2.75, 3.05) is 35.8 Å². The van der Waals surface area contributed by atoms with E-state index in [4.69, 9.17) is 23.2 Å². The van der Waals surface area contributed by atoms with Crippen molar-refractivity contribution >= 4 is 46.6 Å². The Bertz CT molecular complexity index is 768. The maximum Gasteiger partial charge on any atom is 0.249 e. The number of amides is 1. The highest BCUT2D eigenvalue weighted by molar-refractivity contribution is 6.42. The summed E-state index contributed by atoms with van der Waals surface area (Å²) in [5.41, 5.74) is 0.738. The van der Waals surface area contributed by atoms with Crippen molar-refractivity contribution < 1.29 is 4.79 Å². The van der Waals surface area contributed by atoms with Crippen LogP contribution >= 0.6 is 23.2 Å². The molecule has 8 heteroatoms. The number of aromatic nitrogens is 2. The highest BCUT2D eigenvalue weighted by atomic mass is 35.5. The predicted octanol–water partition coefficient (Wildman–Crippen LogP) is 3.07. The number of benzene rings is 1. The average molecular weight is 366 g/mol. The molecule has 0 radical (unpaired) electrons. The summed E-state index contributed by atoms with van der Waals surface area (Å²) >= 11 is 12.0. The molecule has 1 aromatic heterocycles. The van der Waals surface area contributed by atoms with Crippen molar-refractivity contribution in [3.05, 3.63) is 40.5 Å². The fraction of sp³-hybridized carbons (Fsp3) is 0.312. The minimum absolute atomic E-state index is 0.0350. The number of nitrogens with zero attached hydrogens (tertiary/aromatic N) is 4. The first kappa shape index (κ1) is 16.8. The van der Waals surface area contributed by atoms with Gasteiger partial charge in [-0.1, -0.05) is 23.2 Å². The van der Waals surface area contributed by atoms with Crippen LogP contribution in [-0.2, 0) is 4.79 Å². The highest BCUT2D eigenvalue weighted by Gasteiger charge is 2.33. The van der Waals surface area contributed by atoms with Crippen LogP contribution in [0.1, 0.15) is 6.42 Å². The van der Waals surface area contributed by atoms with Crippen molar-refractivity contribution in [1.82, 2.24) is 9.97 Å². The summed E-state index contributed by atoms with van der Waals surface area (Å²) in [6.07, 6.45) is 2.33. The van der Waals surface area contributed by atoms with Crippen LogP contribution in [0.15, 0.2) is 30.5 Å². The number of rotatable bonds is 4. The number of hydrogen-bond acceptors (Lipinski definition) is 5. The van der Waals surface area contributed by atoms with Gasteiger partial charge in [-0.15, -0.1) is 0 Å². The van der Waals surface area contributed by atoms with E-state index in [0.29, 0.717) is 29.0 Å². The number of carbonyl (C=O) groups excluding carboxylic acids is 1. The molecule has 1 aliphatic rings. The second-order valence-corrected chi connectivity index (χ2v) is 6.52. The lowest BCUT2D eigenvalue weighted by Crippen LogP contribution is -2.34. The molecular formula is C16H17Cl2N5O. The molecule has 1 aromatic carbocycles. The van der Waals surface area contributed by atoms with Crippen LogP contribution in [0, 0.1) is 0 Å². The van der Waals surface area contributed by atoms with E-state index in [-0.39, 0.29) is 11.9 Å². The van der Waals surface area contributed by atoms with Gasteiger partial charge in [0.1, 0.15) is 11.9 Å². The van der Waals surface area contributed by atoms with E-state index in [1.54, 1.807) is 29.3 Å². The van der Waals surface area contributed by atoms with Gasteiger partial charge in [-0.25, -0.2) is 4.98 Å². The van der Waals surface area contributed by atoms with Crippen molar-refractivity contribution in [3.8, 4) is 0 Å². The molecule has 24 heavy (non-hydrogen) atoms. The third-order valence-electron chi connectivity index (χ3n) is 3.82. The molecule has 0 spiro atoms. The van der Waals surface area contributed by atoms with Crippen LogP contribution in [0.3, 0.4) is 0 Å². The Balaban J connectivity index is 1.74. The van der Waals surface area contributed by atoms with Crippen LogP contribution < -0.4 is 15.1 Å². The van der Waals surface area contributed by atoms with Crippen LogP contribution in [0.2, 0.25) is 10.0 Å². The normalized spacial score (nSPS) is 17.2. The van der Waals surface area contributed by atoms with Crippen molar-refractivity contribution in [3.63, 3.8) is 0 Å². The molecule has 1 N–H and O–H groups in total. The van der Waals surface area contributed by atoms with Crippen molar-refractivity contribution in [2.45, 2.75) is 12.5 Å². The van der Waals surface area contributed by atoms with Crippen LogP contribution in [0.5, 0.6) is 0 Å². The third kappa shape index (κ3) is 3.39. The lowest BCUT2D eigenvalue weighted by atomic mass is 10.2. The molecule has 2 heterocycles. The van der Waals surface area contributed by atoms with Crippen LogP contribution in [-0.4, -0.2) is 42.6 Å². The predicted molar refractivity (Wildman–Crippen MR) is 97.2 cm³/mol. The molecule has 0 aliphatic carbocycles. The molecule has 0 bridgehead atoms. The maximum atomic E-state index is 12.6. The van der Waals surface area contributed by atoms with E-state index in [1.165, 1.54) is 0 Å². The van der Waals surface area contributed by atoms with Crippen LogP contribution in [0.25, 0.3) is 0 Å². The number of hydrogen-bond donors (Lipinski definition) is 1. The molecule has 1 amide bonds. The minimum atomic E-state index is -0.364. The highest BCUT2D eigenvalue weighted by Crippen LogP contribution is 2.30. The Kier molecular flexibility index (Phi) is 4.78. The fourth-order valence-electron chi connectivity index (χ4n) is 2.55. The molecule has 3 rings (SSSR count). The van der Waals surface area contributed by atoms with Gasteiger partial charge in [-0.05, 0) is 30.7 Å². The van der Waals surface area contributed by atoms with E-state index >= 15 is 0 Å². The number of carbonyl (C=O) groups is 1. The molecule has 126 valence electrons. The maximum absolute atomic E-state index is 12.6. The molecule has 2 aromatic rings. The largest absolute Gasteiger partial charge is 0.363 e. The van der Waals surface area contributed by atoms with Gasteiger partial charge in [-0.3, -0.25) is 4.79 Å². The Hall–Kier alpha value is -2.05. The topological polar surface area (TPSA) is 61.4 Å². The lowest BCUT2D eigenvalue weighted by molar-refractivity contribution is -0.117. The molecular weight excluding hydrogens is 349 g/mol. The summed E-state index contributed by atoms with van der Waals surface area (Å²) in [7, 11) is 3.80. The summed E-state index contributed by atoms with van der Waals surface area (Å²) in [6.45, 7) is 0.599. The lowest BCUT2D eigenvalue weighted by Gasteiger charge is -2.18. The first-order valence-electron chi connectivity index (χ1n) is 7.49. The summed E-state index contributed by atoms with van der Waals surface area (Å²) < 4.78 is 0. The smallest absolute Gasteiger partial charge is 0.249 e. The number of halogens is 2. The Morgan fingerprint density at radius 1 is 1.25 bits per heavy atom. The SMILES string of the molecule is CN(C)c1ccnc(NC2CCN(c3ccc(Cl)c(Cl)c3)C2=O)n1. The van der Waals surface area contributed by atoms with Gasteiger partial charge in [-0.2, -0.15) is 4.98 Å². The van der Waals surface area contributed by atoms with Crippen molar-refractivity contribution in [2.24, 2.45) is 0 Å². The van der Waals surface area contributed by atoms with Gasteiger partial charge < -0.3 is 15.1 Å². The van der Waals surface area contributed by atoms with Gasteiger partial charge in [0, 0.05) is 32.5 Å². The zero-order chi connectivity index (χ0) is 17.3.